The third-order valence-corrected chi connectivity index (χ3v) is 3.28. The molecular weight excluding hydrogens is 216 g/mol. The van der Waals surface area contributed by atoms with Gasteiger partial charge in [-0.25, -0.2) is 0 Å². The summed E-state index contributed by atoms with van der Waals surface area (Å²) in [6.45, 7) is 2.02. The SMILES string of the molecule is N#Cc1cc(CC2CCNCC2)c(O)cc1O. The molecule has 1 saturated heterocycles. The van der Waals surface area contributed by atoms with E-state index in [2.05, 4.69) is 5.32 Å². The Hall–Kier alpha value is -1.73. The van der Waals surface area contributed by atoms with Gasteiger partial charge in [-0.1, -0.05) is 0 Å². The first-order valence-corrected chi connectivity index (χ1v) is 5.86. The van der Waals surface area contributed by atoms with Gasteiger partial charge in [0.25, 0.3) is 0 Å². The van der Waals surface area contributed by atoms with E-state index in [-0.39, 0.29) is 17.1 Å². The Balaban J connectivity index is 2.17. The number of nitrogens with zero attached hydrogens (tertiary/aromatic N) is 1. The zero-order valence-electron chi connectivity index (χ0n) is 9.61. The lowest BCUT2D eigenvalue weighted by Crippen LogP contribution is -2.28. The molecule has 0 radical (unpaired) electrons. The first kappa shape index (κ1) is 11.7. The van der Waals surface area contributed by atoms with Crippen molar-refractivity contribution in [2.24, 2.45) is 5.92 Å². The predicted octanol–water partition coefficient (Wildman–Crippen LogP) is 1.51. The molecule has 4 heteroatoms. The van der Waals surface area contributed by atoms with E-state index in [4.69, 9.17) is 5.26 Å². The van der Waals surface area contributed by atoms with E-state index in [9.17, 15) is 10.2 Å². The van der Waals surface area contributed by atoms with Gasteiger partial charge in [-0.05, 0) is 49.9 Å². The van der Waals surface area contributed by atoms with Crippen molar-refractivity contribution in [2.45, 2.75) is 19.3 Å². The highest BCUT2D eigenvalue weighted by atomic mass is 16.3. The average molecular weight is 232 g/mol. The highest BCUT2D eigenvalue weighted by Gasteiger charge is 2.16. The number of hydrogen-bond acceptors (Lipinski definition) is 4. The van der Waals surface area contributed by atoms with Crippen LogP contribution >= 0.6 is 0 Å². The average Bonchev–Trinajstić information content (AvgIpc) is 2.34. The fourth-order valence-corrected chi connectivity index (χ4v) is 2.27. The quantitative estimate of drug-likeness (QED) is 0.722. The Morgan fingerprint density at radius 3 is 2.59 bits per heavy atom. The van der Waals surface area contributed by atoms with Crippen molar-refractivity contribution in [1.29, 1.82) is 5.26 Å². The second-order valence-electron chi connectivity index (χ2n) is 4.51. The molecule has 1 fully saturated rings. The molecule has 2 rings (SSSR count). The molecule has 0 aliphatic carbocycles. The summed E-state index contributed by atoms with van der Waals surface area (Å²) in [5, 5.41) is 31.3. The van der Waals surface area contributed by atoms with Gasteiger partial charge in [-0.15, -0.1) is 0 Å². The molecule has 1 heterocycles. The van der Waals surface area contributed by atoms with E-state index in [1.54, 1.807) is 6.07 Å². The number of nitriles is 1. The highest BCUT2D eigenvalue weighted by molar-refractivity contribution is 5.50. The van der Waals surface area contributed by atoms with Crippen molar-refractivity contribution < 1.29 is 10.2 Å². The van der Waals surface area contributed by atoms with Gasteiger partial charge in [-0.2, -0.15) is 5.26 Å². The van der Waals surface area contributed by atoms with Gasteiger partial charge in [0.2, 0.25) is 0 Å². The molecule has 0 saturated carbocycles. The van der Waals surface area contributed by atoms with Gasteiger partial charge in [0.15, 0.2) is 0 Å². The molecule has 0 spiro atoms. The minimum absolute atomic E-state index is 0.0834. The van der Waals surface area contributed by atoms with E-state index >= 15 is 0 Å². The van der Waals surface area contributed by atoms with Crippen LogP contribution in [0, 0.1) is 17.2 Å². The second kappa shape index (κ2) is 5.07. The minimum Gasteiger partial charge on any atom is -0.508 e. The zero-order chi connectivity index (χ0) is 12.3. The van der Waals surface area contributed by atoms with Crippen molar-refractivity contribution in [2.75, 3.05) is 13.1 Å². The van der Waals surface area contributed by atoms with Crippen LogP contribution in [0.5, 0.6) is 11.5 Å². The summed E-state index contributed by atoms with van der Waals surface area (Å²) in [4.78, 5) is 0. The topological polar surface area (TPSA) is 76.3 Å². The van der Waals surface area contributed by atoms with Crippen molar-refractivity contribution >= 4 is 0 Å². The molecule has 17 heavy (non-hydrogen) atoms. The molecule has 0 bridgehead atoms. The number of phenolic OH excluding ortho intramolecular Hbond substituents is 2. The van der Waals surface area contributed by atoms with Crippen LogP contribution in [0.15, 0.2) is 12.1 Å². The second-order valence-corrected chi connectivity index (χ2v) is 4.51. The van der Waals surface area contributed by atoms with E-state index in [1.807, 2.05) is 6.07 Å². The lowest BCUT2D eigenvalue weighted by atomic mass is 9.90. The van der Waals surface area contributed by atoms with Crippen molar-refractivity contribution in [3.05, 3.63) is 23.3 Å². The molecule has 0 aromatic heterocycles. The van der Waals surface area contributed by atoms with Crippen LogP contribution in [0.3, 0.4) is 0 Å². The van der Waals surface area contributed by atoms with Crippen molar-refractivity contribution in [3.8, 4) is 17.6 Å². The molecule has 1 aromatic carbocycles. The molecule has 3 N–H and O–H groups in total. The molecule has 1 aliphatic heterocycles. The maximum Gasteiger partial charge on any atom is 0.137 e. The number of rotatable bonds is 2. The summed E-state index contributed by atoms with van der Waals surface area (Å²) in [6.07, 6.45) is 2.94. The van der Waals surface area contributed by atoms with Crippen molar-refractivity contribution in [3.63, 3.8) is 0 Å². The summed E-state index contributed by atoms with van der Waals surface area (Å²) in [7, 11) is 0. The minimum atomic E-state index is -0.154. The Morgan fingerprint density at radius 2 is 1.94 bits per heavy atom. The number of benzene rings is 1. The fraction of sp³-hybridized carbons (Fsp3) is 0.462. The lowest BCUT2D eigenvalue weighted by Gasteiger charge is -2.23. The van der Waals surface area contributed by atoms with Crippen LogP contribution in [0.2, 0.25) is 0 Å². The number of piperidine rings is 1. The number of aromatic hydroxyl groups is 2. The van der Waals surface area contributed by atoms with E-state index < -0.39 is 0 Å². The summed E-state index contributed by atoms with van der Waals surface area (Å²) in [5.74, 6) is 0.470. The standard InChI is InChI=1S/C13H16N2O2/c14-8-11-6-10(12(16)7-13(11)17)5-9-1-3-15-4-2-9/h6-7,9,15-17H,1-5H2. The van der Waals surface area contributed by atoms with Crippen LogP contribution in [0.4, 0.5) is 0 Å². The van der Waals surface area contributed by atoms with Gasteiger partial charge < -0.3 is 15.5 Å². The van der Waals surface area contributed by atoms with Gasteiger partial charge >= 0.3 is 0 Å². The molecule has 0 atom stereocenters. The summed E-state index contributed by atoms with van der Waals surface area (Å²) >= 11 is 0. The Morgan fingerprint density at radius 1 is 1.24 bits per heavy atom. The normalized spacial score (nSPS) is 16.6. The zero-order valence-corrected chi connectivity index (χ0v) is 9.61. The number of phenols is 2. The van der Waals surface area contributed by atoms with Gasteiger partial charge in [0.05, 0.1) is 5.56 Å². The van der Waals surface area contributed by atoms with Gasteiger partial charge in [0, 0.05) is 6.07 Å². The lowest BCUT2D eigenvalue weighted by molar-refractivity contribution is 0.365. The van der Waals surface area contributed by atoms with Gasteiger partial charge in [-0.3, -0.25) is 0 Å². The van der Waals surface area contributed by atoms with Gasteiger partial charge in [0.1, 0.15) is 17.6 Å². The number of hydrogen-bond donors (Lipinski definition) is 3. The first-order chi connectivity index (χ1) is 8.20. The smallest absolute Gasteiger partial charge is 0.137 e. The van der Waals surface area contributed by atoms with E-state index in [0.29, 0.717) is 5.92 Å². The molecule has 0 amide bonds. The summed E-state index contributed by atoms with van der Waals surface area (Å²) < 4.78 is 0. The van der Waals surface area contributed by atoms with Crippen LogP contribution in [0.25, 0.3) is 0 Å². The Labute approximate surface area is 101 Å². The molecule has 90 valence electrons. The van der Waals surface area contributed by atoms with E-state index in [0.717, 1.165) is 37.9 Å². The first-order valence-electron chi connectivity index (χ1n) is 5.86. The largest absolute Gasteiger partial charge is 0.508 e. The fourth-order valence-electron chi connectivity index (χ4n) is 2.27. The van der Waals surface area contributed by atoms with Crippen LogP contribution in [0.1, 0.15) is 24.0 Å². The molecule has 1 aliphatic rings. The van der Waals surface area contributed by atoms with Crippen LogP contribution < -0.4 is 5.32 Å². The third kappa shape index (κ3) is 2.69. The van der Waals surface area contributed by atoms with Crippen LogP contribution in [-0.2, 0) is 6.42 Å². The number of nitrogens with one attached hydrogen (secondary N) is 1. The van der Waals surface area contributed by atoms with E-state index in [1.165, 1.54) is 6.07 Å². The summed E-state index contributed by atoms with van der Waals surface area (Å²) in [5.41, 5.74) is 0.984. The van der Waals surface area contributed by atoms with Crippen LogP contribution in [-0.4, -0.2) is 23.3 Å². The monoisotopic (exact) mass is 232 g/mol. The maximum absolute atomic E-state index is 9.76. The third-order valence-electron chi connectivity index (χ3n) is 3.28. The highest BCUT2D eigenvalue weighted by Crippen LogP contribution is 2.30. The molecule has 1 aromatic rings. The maximum atomic E-state index is 9.76. The molecular formula is C13H16N2O2. The Kier molecular flexibility index (Phi) is 3.50. The Bertz CT molecular complexity index is 445. The predicted molar refractivity (Wildman–Crippen MR) is 63.8 cm³/mol. The van der Waals surface area contributed by atoms with Crippen molar-refractivity contribution in [1.82, 2.24) is 5.32 Å². The molecule has 0 unspecified atom stereocenters. The molecule has 4 nitrogen and oxygen atoms in total. The summed E-state index contributed by atoms with van der Waals surface area (Å²) in [6, 6.07) is 4.78.